The molecule has 0 aliphatic carbocycles. The van der Waals surface area contributed by atoms with Crippen molar-refractivity contribution in [2.75, 3.05) is 10.6 Å². The van der Waals surface area contributed by atoms with Crippen LogP contribution in [0.15, 0.2) is 67.3 Å². The number of anilines is 3. The van der Waals surface area contributed by atoms with Crippen LogP contribution < -0.4 is 10.6 Å². The normalized spacial score (nSPS) is 11.0. The van der Waals surface area contributed by atoms with Crippen LogP contribution in [0.4, 0.5) is 29.7 Å². The van der Waals surface area contributed by atoms with Crippen molar-refractivity contribution in [1.29, 1.82) is 0 Å². The number of aromatic nitrogens is 4. The van der Waals surface area contributed by atoms with Crippen molar-refractivity contribution in [2.45, 2.75) is 13.1 Å². The fourth-order valence-corrected chi connectivity index (χ4v) is 4.21. The minimum Gasteiger partial charge on any atom is -0.475 e. The third kappa shape index (κ3) is 6.69. The molecule has 14 heteroatoms. The first-order valence-electron chi connectivity index (χ1n) is 11.0. The van der Waals surface area contributed by atoms with Gasteiger partial charge in [-0.3, -0.25) is 9.78 Å². The van der Waals surface area contributed by atoms with Crippen LogP contribution in [0.25, 0.3) is 22.2 Å². The number of pyridine rings is 1. The Morgan fingerprint density at radius 1 is 1.13 bits per heavy atom. The number of carboxylic acid groups (broad SMARTS) is 1. The first-order valence-corrected chi connectivity index (χ1v) is 12.2. The Morgan fingerprint density at radius 3 is 2.62 bits per heavy atom. The highest BCUT2D eigenvalue weighted by Crippen LogP contribution is 2.34. The molecule has 0 bridgehead atoms. The minimum absolute atomic E-state index is 0.212. The largest absolute Gasteiger partial charge is 0.490 e. The maximum absolute atomic E-state index is 12.6. The van der Waals surface area contributed by atoms with E-state index in [-0.39, 0.29) is 5.91 Å². The highest BCUT2D eigenvalue weighted by atomic mass is 35.5. The van der Waals surface area contributed by atoms with Gasteiger partial charge in [0, 0.05) is 58.3 Å². The summed E-state index contributed by atoms with van der Waals surface area (Å²) in [5, 5.41) is 16.5. The molecule has 3 aromatic heterocycles. The maximum Gasteiger partial charge on any atom is 0.490 e. The molecule has 3 heterocycles. The van der Waals surface area contributed by atoms with Gasteiger partial charge in [0.25, 0.3) is 5.91 Å². The van der Waals surface area contributed by atoms with Crippen LogP contribution in [0.5, 0.6) is 0 Å². The first-order chi connectivity index (χ1) is 18.5. The predicted octanol–water partition coefficient (Wildman–Crippen LogP) is 6.67. The number of amides is 1. The zero-order valence-corrected chi connectivity index (χ0v) is 21.4. The van der Waals surface area contributed by atoms with E-state index in [4.69, 9.17) is 21.5 Å². The molecule has 0 radical (unpaired) electrons. The zero-order chi connectivity index (χ0) is 28.2. The molecule has 1 amide bonds. The molecule has 200 valence electrons. The Hall–Kier alpha value is -4.49. The monoisotopic (exact) mass is 574 g/mol. The second-order valence-electron chi connectivity index (χ2n) is 7.96. The van der Waals surface area contributed by atoms with Gasteiger partial charge in [-0.2, -0.15) is 22.5 Å². The highest BCUT2D eigenvalue weighted by Gasteiger charge is 2.38. The lowest BCUT2D eigenvalue weighted by Crippen LogP contribution is -2.21. The zero-order valence-electron chi connectivity index (χ0n) is 19.9. The van der Waals surface area contributed by atoms with Crippen LogP contribution in [0.3, 0.4) is 0 Å². The number of aliphatic carboxylic acids is 1. The van der Waals surface area contributed by atoms with Gasteiger partial charge in [0.05, 0.1) is 16.3 Å². The van der Waals surface area contributed by atoms with Gasteiger partial charge in [-0.15, -0.1) is 0 Å². The average molecular weight is 575 g/mol. The van der Waals surface area contributed by atoms with Crippen molar-refractivity contribution >= 4 is 62.3 Å². The Balaban J connectivity index is 0.000000448. The van der Waals surface area contributed by atoms with Crippen LogP contribution in [0.2, 0.25) is 5.02 Å². The summed E-state index contributed by atoms with van der Waals surface area (Å²) >= 11 is 7.76. The number of aromatic amines is 1. The van der Waals surface area contributed by atoms with Gasteiger partial charge in [-0.25, -0.2) is 4.79 Å². The van der Waals surface area contributed by atoms with Gasteiger partial charge >= 0.3 is 12.1 Å². The summed E-state index contributed by atoms with van der Waals surface area (Å²) in [7, 11) is 0. The van der Waals surface area contributed by atoms with Crippen LogP contribution in [-0.4, -0.2) is 42.5 Å². The lowest BCUT2D eigenvalue weighted by molar-refractivity contribution is -0.192. The molecule has 0 unspecified atom stereocenters. The van der Waals surface area contributed by atoms with E-state index in [2.05, 4.69) is 30.0 Å². The van der Waals surface area contributed by atoms with Crippen LogP contribution in [0.1, 0.15) is 15.9 Å². The van der Waals surface area contributed by atoms with Crippen molar-refractivity contribution in [3.63, 3.8) is 0 Å². The molecule has 9 nitrogen and oxygen atoms in total. The van der Waals surface area contributed by atoms with Crippen molar-refractivity contribution < 1.29 is 27.9 Å². The van der Waals surface area contributed by atoms with Gasteiger partial charge in [-0.05, 0) is 36.8 Å². The Morgan fingerprint density at radius 2 is 1.90 bits per heavy atom. The molecule has 0 atom stereocenters. The number of rotatable bonds is 5. The number of halogens is 4. The standard InChI is InChI=1S/C23H17ClN6OS.C2HF3O2/c1-13-7-8-25-11-17(13)22(31)27-16-4-2-3-14(9-16)21-29-23(32-30-21)28-19-6-5-15-10-26-12-18(15)20(19)24;3-2(4,5)1(6)7/h2-12,26H,1H3,(H,27,31)(H,28,29,30);(H,6,7). The fraction of sp³-hybridized carbons (Fsp3) is 0.0800. The number of benzene rings is 2. The Kier molecular flexibility index (Phi) is 8.12. The number of nitrogens with one attached hydrogen (secondary N) is 3. The number of hydrogen-bond acceptors (Lipinski definition) is 7. The third-order valence-corrected chi connectivity index (χ3v) is 6.29. The molecular weight excluding hydrogens is 557 g/mol. The smallest absolute Gasteiger partial charge is 0.475 e. The number of carbonyl (C=O) groups excluding carboxylic acids is 1. The van der Waals surface area contributed by atoms with E-state index in [1.165, 1.54) is 11.5 Å². The molecule has 5 aromatic rings. The molecule has 0 saturated heterocycles. The lowest BCUT2D eigenvalue weighted by Gasteiger charge is -2.08. The molecule has 0 saturated carbocycles. The summed E-state index contributed by atoms with van der Waals surface area (Å²) in [6.07, 6.45) is 1.90. The lowest BCUT2D eigenvalue weighted by atomic mass is 10.1. The van der Waals surface area contributed by atoms with Gasteiger partial charge in [0.1, 0.15) is 0 Å². The number of hydrogen-bond donors (Lipinski definition) is 4. The van der Waals surface area contributed by atoms with Crippen molar-refractivity contribution in [3.8, 4) is 11.4 Å². The number of alkyl halides is 3. The average Bonchev–Trinajstić information content (AvgIpc) is 3.56. The van der Waals surface area contributed by atoms with E-state index in [1.54, 1.807) is 18.5 Å². The van der Waals surface area contributed by atoms with Crippen LogP contribution in [0, 0.1) is 6.92 Å². The summed E-state index contributed by atoms with van der Waals surface area (Å²) < 4.78 is 36.2. The van der Waals surface area contributed by atoms with E-state index < -0.39 is 12.1 Å². The van der Waals surface area contributed by atoms with E-state index in [0.717, 1.165) is 27.6 Å². The molecular formula is C25H18ClF3N6O3S. The summed E-state index contributed by atoms with van der Waals surface area (Å²) in [6, 6.07) is 13.1. The minimum atomic E-state index is -5.08. The van der Waals surface area contributed by atoms with E-state index in [0.29, 0.717) is 27.2 Å². The molecule has 2 aromatic carbocycles. The van der Waals surface area contributed by atoms with Gasteiger partial charge < -0.3 is 20.7 Å². The predicted molar refractivity (Wildman–Crippen MR) is 143 cm³/mol. The van der Waals surface area contributed by atoms with Gasteiger partial charge in [0.2, 0.25) is 5.13 Å². The second-order valence-corrected chi connectivity index (χ2v) is 9.09. The molecule has 0 aliphatic heterocycles. The SMILES string of the molecule is Cc1ccncc1C(=O)Nc1cccc(-c2nsc(Nc3ccc4c[nH]cc4c3Cl)n2)c1.O=C(O)C(F)(F)F. The molecule has 4 N–H and O–H groups in total. The number of aryl methyl sites for hydroxylation is 1. The number of fused-ring (bicyclic) bond motifs is 1. The number of nitrogens with zero attached hydrogens (tertiary/aromatic N) is 3. The van der Waals surface area contributed by atoms with E-state index >= 15 is 0 Å². The maximum atomic E-state index is 12.6. The van der Waals surface area contributed by atoms with Crippen LogP contribution in [-0.2, 0) is 4.79 Å². The van der Waals surface area contributed by atoms with E-state index in [9.17, 15) is 18.0 Å². The van der Waals surface area contributed by atoms with Gasteiger partial charge in [-0.1, -0.05) is 29.8 Å². The topological polar surface area (TPSA) is 133 Å². The molecule has 5 rings (SSSR count). The summed E-state index contributed by atoms with van der Waals surface area (Å²) in [5.74, 6) is -2.41. The second kappa shape index (κ2) is 11.5. The highest BCUT2D eigenvalue weighted by molar-refractivity contribution is 7.10. The fourth-order valence-electron chi connectivity index (χ4n) is 3.33. The van der Waals surface area contributed by atoms with Crippen molar-refractivity contribution in [3.05, 3.63) is 83.4 Å². The third-order valence-electron chi connectivity index (χ3n) is 5.25. The summed E-state index contributed by atoms with van der Waals surface area (Å²) in [4.78, 5) is 33.2. The van der Waals surface area contributed by atoms with E-state index in [1.807, 2.05) is 55.7 Å². The Labute approximate surface area is 227 Å². The summed E-state index contributed by atoms with van der Waals surface area (Å²) in [5.41, 5.74) is 3.60. The number of H-pyrrole nitrogens is 1. The molecule has 0 fully saturated rings. The van der Waals surface area contributed by atoms with Crippen molar-refractivity contribution in [2.24, 2.45) is 0 Å². The molecule has 0 spiro atoms. The Bertz CT molecular complexity index is 1650. The number of carbonyl (C=O) groups is 2. The molecule has 39 heavy (non-hydrogen) atoms. The quantitative estimate of drug-likeness (QED) is 0.184. The number of carboxylic acids is 1. The van der Waals surface area contributed by atoms with Crippen LogP contribution >= 0.6 is 23.1 Å². The summed E-state index contributed by atoms with van der Waals surface area (Å²) in [6.45, 7) is 1.88. The molecule has 0 aliphatic rings. The van der Waals surface area contributed by atoms with Gasteiger partial charge in [0.15, 0.2) is 5.82 Å². The first kappa shape index (κ1) is 27.5. The van der Waals surface area contributed by atoms with Crippen molar-refractivity contribution in [1.82, 2.24) is 19.3 Å².